The molecule has 3 aromatic rings. The van der Waals surface area contributed by atoms with E-state index in [9.17, 15) is 14.9 Å². The van der Waals surface area contributed by atoms with Crippen LogP contribution < -0.4 is 26.2 Å². The molecule has 0 aliphatic carbocycles. The molecule has 0 saturated heterocycles. The average molecular weight is 496 g/mol. The number of nitrogens with zero attached hydrogens (tertiary/aromatic N) is 6. The monoisotopic (exact) mass is 495 g/mol. The zero-order valence-corrected chi connectivity index (χ0v) is 20.8. The highest BCUT2D eigenvalue weighted by Gasteiger charge is 2.22. The second-order valence-electron chi connectivity index (χ2n) is 8.31. The number of hydrogen-bond acceptors (Lipinski definition) is 11. The van der Waals surface area contributed by atoms with Crippen LogP contribution in [0.25, 0.3) is 16.6 Å². The number of allylic oxidation sites excluding steroid dienone is 1. The molecule has 0 spiro atoms. The molecule has 36 heavy (non-hydrogen) atoms. The van der Waals surface area contributed by atoms with Crippen molar-refractivity contribution in [3.8, 4) is 5.75 Å². The Morgan fingerprint density at radius 2 is 2.03 bits per heavy atom. The second kappa shape index (κ2) is 10.8. The van der Waals surface area contributed by atoms with Gasteiger partial charge in [-0.3, -0.25) is 19.5 Å². The van der Waals surface area contributed by atoms with Crippen LogP contribution in [0.3, 0.4) is 0 Å². The maximum atomic E-state index is 12.8. The molecule has 2 heterocycles. The number of pyridine rings is 1. The predicted molar refractivity (Wildman–Crippen MR) is 140 cm³/mol. The Bertz CT molecular complexity index is 1400. The van der Waals surface area contributed by atoms with Gasteiger partial charge in [0, 0.05) is 68.9 Å². The van der Waals surface area contributed by atoms with Crippen LogP contribution in [0.1, 0.15) is 5.56 Å². The number of ether oxygens (including phenoxy) is 1. The van der Waals surface area contributed by atoms with Gasteiger partial charge in [0.25, 0.3) is 11.2 Å². The van der Waals surface area contributed by atoms with Gasteiger partial charge in [-0.2, -0.15) is 4.98 Å². The fourth-order valence-electron chi connectivity index (χ4n) is 3.60. The van der Waals surface area contributed by atoms with Crippen molar-refractivity contribution in [1.82, 2.24) is 19.4 Å². The van der Waals surface area contributed by atoms with Gasteiger partial charge in [0.1, 0.15) is 17.1 Å². The maximum Gasteiger partial charge on any atom is 0.294 e. The van der Waals surface area contributed by atoms with E-state index < -0.39 is 4.92 Å². The molecule has 13 nitrogen and oxygen atoms in total. The fraction of sp³-hybridized carbons (Fsp3) is 0.304. The highest BCUT2D eigenvalue weighted by Crippen LogP contribution is 2.38. The quantitative estimate of drug-likeness (QED) is 0.215. The molecular formula is C23H29N9O4. The SMILES string of the molecule is COc1cc(N(C)CCN(C)C)c([N+](=O)[O-])cc1Nc1ncc2cc(/C(C=N)=C/N)c(=O)n(C)c2n1. The molecule has 1 aromatic carbocycles. The summed E-state index contributed by atoms with van der Waals surface area (Å²) in [7, 11) is 8.65. The maximum absolute atomic E-state index is 12.8. The van der Waals surface area contributed by atoms with Crippen molar-refractivity contribution < 1.29 is 9.66 Å². The molecular weight excluding hydrogens is 466 g/mol. The van der Waals surface area contributed by atoms with Crippen molar-refractivity contribution in [3.05, 3.63) is 56.6 Å². The summed E-state index contributed by atoms with van der Waals surface area (Å²) < 4.78 is 6.82. The van der Waals surface area contributed by atoms with Gasteiger partial charge < -0.3 is 31.0 Å². The van der Waals surface area contributed by atoms with Gasteiger partial charge in [0.15, 0.2) is 0 Å². The van der Waals surface area contributed by atoms with Crippen molar-refractivity contribution in [2.75, 3.05) is 51.6 Å². The van der Waals surface area contributed by atoms with Crippen LogP contribution in [-0.2, 0) is 7.05 Å². The molecule has 0 bridgehead atoms. The van der Waals surface area contributed by atoms with Gasteiger partial charge >= 0.3 is 0 Å². The molecule has 0 saturated carbocycles. The molecule has 0 fully saturated rings. The standard InChI is InChI=1S/C23H29N9O4/c1-29(2)6-7-30(3)18-10-20(36-5)17(9-19(18)32(34)35)27-23-26-13-14-8-16(15(11-24)12-25)22(33)31(4)21(14)28-23/h8-13,24H,6-7,25H2,1-5H3,(H,26,27,28)/b15-12+,24-11?. The van der Waals surface area contributed by atoms with Crippen molar-refractivity contribution in [1.29, 1.82) is 5.41 Å². The van der Waals surface area contributed by atoms with Gasteiger partial charge in [-0.1, -0.05) is 0 Å². The number of methoxy groups -OCH3 is 1. The first kappa shape index (κ1) is 26.1. The number of nitro benzene ring substituents is 1. The Balaban J connectivity index is 2.05. The number of hydrogen-bond donors (Lipinski definition) is 3. The van der Waals surface area contributed by atoms with Crippen molar-refractivity contribution in [2.45, 2.75) is 0 Å². The fourth-order valence-corrected chi connectivity index (χ4v) is 3.60. The van der Waals surface area contributed by atoms with E-state index in [0.29, 0.717) is 41.2 Å². The van der Waals surface area contributed by atoms with E-state index in [2.05, 4.69) is 15.3 Å². The summed E-state index contributed by atoms with van der Waals surface area (Å²) in [6.07, 6.45) is 3.70. The van der Waals surface area contributed by atoms with Gasteiger partial charge in [0.2, 0.25) is 5.95 Å². The third-order valence-electron chi connectivity index (χ3n) is 5.63. The van der Waals surface area contributed by atoms with Crippen LogP contribution in [0.2, 0.25) is 0 Å². The highest BCUT2D eigenvalue weighted by molar-refractivity contribution is 6.08. The molecule has 2 aromatic heterocycles. The van der Waals surface area contributed by atoms with Crippen molar-refractivity contribution >= 4 is 45.8 Å². The summed E-state index contributed by atoms with van der Waals surface area (Å²) in [6, 6.07) is 4.53. The normalized spacial score (nSPS) is 11.6. The summed E-state index contributed by atoms with van der Waals surface area (Å²) in [4.78, 5) is 36.7. The lowest BCUT2D eigenvalue weighted by Crippen LogP contribution is -2.29. The minimum absolute atomic E-state index is 0.106. The number of aromatic nitrogens is 3. The lowest BCUT2D eigenvalue weighted by atomic mass is 10.1. The van der Waals surface area contributed by atoms with Gasteiger partial charge in [0.05, 0.1) is 23.3 Å². The Hall–Kier alpha value is -4.52. The van der Waals surface area contributed by atoms with Crippen molar-refractivity contribution in [2.24, 2.45) is 12.8 Å². The van der Waals surface area contributed by atoms with Crippen LogP contribution >= 0.6 is 0 Å². The lowest BCUT2D eigenvalue weighted by Gasteiger charge is -2.22. The van der Waals surface area contributed by atoms with E-state index in [-0.39, 0.29) is 28.3 Å². The number of benzene rings is 1. The van der Waals surface area contributed by atoms with E-state index in [0.717, 1.165) is 6.21 Å². The number of nitrogens with one attached hydrogen (secondary N) is 2. The average Bonchev–Trinajstić information content (AvgIpc) is 2.86. The molecule has 4 N–H and O–H groups in total. The number of fused-ring (bicyclic) bond motifs is 1. The molecule has 0 atom stereocenters. The third-order valence-corrected chi connectivity index (χ3v) is 5.63. The summed E-state index contributed by atoms with van der Waals surface area (Å²) in [5.74, 6) is 0.483. The number of anilines is 3. The molecule has 0 radical (unpaired) electrons. The Morgan fingerprint density at radius 3 is 2.61 bits per heavy atom. The number of aryl methyl sites for hydroxylation is 1. The molecule has 13 heteroatoms. The van der Waals surface area contributed by atoms with Crippen LogP contribution in [0, 0.1) is 15.5 Å². The molecule has 0 aliphatic rings. The Morgan fingerprint density at radius 1 is 1.31 bits per heavy atom. The molecule has 0 aliphatic heterocycles. The predicted octanol–water partition coefficient (Wildman–Crippen LogP) is 1.94. The summed E-state index contributed by atoms with van der Waals surface area (Å²) in [5, 5.41) is 22.9. The van der Waals surface area contributed by atoms with Gasteiger partial charge in [-0.25, -0.2) is 4.98 Å². The van der Waals surface area contributed by atoms with Crippen LogP contribution in [0.4, 0.5) is 23.0 Å². The lowest BCUT2D eigenvalue weighted by molar-refractivity contribution is -0.384. The Labute approximate surface area is 207 Å². The van der Waals surface area contributed by atoms with Crippen LogP contribution in [0.5, 0.6) is 5.75 Å². The largest absolute Gasteiger partial charge is 0.494 e. The number of rotatable bonds is 10. The number of nitro groups is 1. The second-order valence-corrected chi connectivity index (χ2v) is 8.31. The van der Waals surface area contributed by atoms with E-state index >= 15 is 0 Å². The summed E-state index contributed by atoms with van der Waals surface area (Å²) >= 11 is 0. The van der Waals surface area contributed by atoms with Gasteiger partial charge in [-0.15, -0.1) is 0 Å². The van der Waals surface area contributed by atoms with Crippen LogP contribution in [-0.4, -0.2) is 71.9 Å². The highest BCUT2D eigenvalue weighted by atomic mass is 16.6. The van der Waals surface area contributed by atoms with E-state index in [1.165, 1.54) is 30.1 Å². The van der Waals surface area contributed by atoms with E-state index in [1.54, 1.807) is 31.1 Å². The smallest absolute Gasteiger partial charge is 0.294 e. The van der Waals surface area contributed by atoms with Crippen LogP contribution in [0.15, 0.2) is 35.4 Å². The number of likely N-dealkylation sites (N-methyl/N-ethyl adjacent to an activating group) is 2. The van der Waals surface area contributed by atoms with Crippen molar-refractivity contribution in [3.63, 3.8) is 0 Å². The zero-order valence-electron chi connectivity index (χ0n) is 20.8. The molecule has 190 valence electrons. The zero-order chi connectivity index (χ0) is 26.6. The summed E-state index contributed by atoms with van der Waals surface area (Å²) in [5.41, 5.74) is 6.61. The van der Waals surface area contributed by atoms with Gasteiger partial charge in [-0.05, 0) is 20.2 Å². The topological polar surface area (TPSA) is 169 Å². The van der Waals surface area contributed by atoms with E-state index in [1.807, 2.05) is 19.0 Å². The molecule has 3 rings (SSSR count). The third kappa shape index (κ3) is 5.25. The number of nitrogens with two attached hydrogens (primary N) is 1. The minimum atomic E-state index is -0.454. The first-order valence-corrected chi connectivity index (χ1v) is 10.9. The minimum Gasteiger partial charge on any atom is -0.494 e. The Kier molecular flexibility index (Phi) is 7.84. The van der Waals surface area contributed by atoms with E-state index in [4.69, 9.17) is 15.9 Å². The first-order valence-electron chi connectivity index (χ1n) is 10.9. The molecule has 0 amide bonds. The summed E-state index contributed by atoms with van der Waals surface area (Å²) in [6.45, 7) is 1.29. The first-order chi connectivity index (χ1) is 17.1. The molecule has 0 unspecified atom stereocenters.